The van der Waals surface area contributed by atoms with Gasteiger partial charge in [0.2, 0.25) is 0 Å². The molecule has 0 aliphatic rings. The van der Waals surface area contributed by atoms with Gasteiger partial charge in [-0.3, -0.25) is 4.79 Å². The van der Waals surface area contributed by atoms with Crippen LogP contribution in [-0.2, 0) is 9.53 Å². The highest BCUT2D eigenvalue weighted by atomic mass is 16.5. The molecular formula is C19H22N2O5. The van der Waals surface area contributed by atoms with Gasteiger partial charge in [-0.1, -0.05) is 11.8 Å². The van der Waals surface area contributed by atoms with Crippen molar-refractivity contribution in [3.63, 3.8) is 0 Å². The van der Waals surface area contributed by atoms with Gasteiger partial charge < -0.3 is 26.0 Å². The number of hydrogen-bond donors (Lipinski definition) is 4. The zero-order valence-electron chi connectivity index (χ0n) is 14.9. The second kappa shape index (κ2) is 9.59. The van der Waals surface area contributed by atoms with E-state index in [0.717, 1.165) is 0 Å². The second-order valence-corrected chi connectivity index (χ2v) is 6.05. The molecule has 0 bridgehead atoms. The maximum Gasteiger partial charge on any atom is 0.330 e. The van der Waals surface area contributed by atoms with Crippen molar-refractivity contribution in [3.8, 4) is 23.7 Å². The molecule has 1 rings (SSSR count). The fraction of sp³-hybridized carbons (Fsp3) is 0.368. The summed E-state index contributed by atoms with van der Waals surface area (Å²) in [6.45, 7) is 2.77. The summed E-state index contributed by atoms with van der Waals surface area (Å²) in [7, 11) is 1.23. The van der Waals surface area contributed by atoms with E-state index < -0.39 is 36.2 Å². The van der Waals surface area contributed by atoms with E-state index in [1.54, 1.807) is 38.1 Å². The van der Waals surface area contributed by atoms with Crippen LogP contribution in [0.25, 0.3) is 0 Å². The molecule has 0 saturated heterocycles. The molecule has 0 aromatic heterocycles. The van der Waals surface area contributed by atoms with Crippen LogP contribution in [0.2, 0.25) is 0 Å². The summed E-state index contributed by atoms with van der Waals surface area (Å²) in [4.78, 5) is 24.1. The van der Waals surface area contributed by atoms with Gasteiger partial charge in [-0.25, -0.2) is 4.79 Å². The number of ether oxygens (including phenoxy) is 1. The summed E-state index contributed by atoms with van der Waals surface area (Å²) >= 11 is 0. The summed E-state index contributed by atoms with van der Waals surface area (Å²) in [6, 6.07) is 5.34. The summed E-state index contributed by atoms with van der Waals surface area (Å²) in [6.07, 6.45) is -1.12. The van der Waals surface area contributed by atoms with E-state index in [2.05, 4.69) is 33.7 Å². The number of nitrogens with one attached hydrogen (secondary N) is 1. The normalized spacial score (nSPS) is 12.5. The van der Waals surface area contributed by atoms with Crippen molar-refractivity contribution in [1.29, 1.82) is 0 Å². The SMILES string of the molecule is COC(=O)[C@@H](NC(=O)c1ccc(C#CC#C[C@@H](O)CO)cc1)C(C)(C)N. The maximum absolute atomic E-state index is 12.3. The first-order valence-electron chi connectivity index (χ1n) is 7.77. The van der Waals surface area contributed by atoms with Crippen molar-refractivity contribution in [3.05, 3.63) is 35.4 Å². The van der Waals surface area contributed by atoms with Gasteiger partial charge in [0.25, 0.3) is 5.91 Å². The standard InChI is InChI=1S/C19H22N2O5/c1-19(2,20)16(18(25)26-3)21-17(24)14-10-8-13(9-11-14)6-4-5-7-15(23)12-22/h8-11,15-16,22-23H,12,20H2,1-3H3,(H,21,24)/t15-,16-/m1/s1. The third kappa shape index (κ3) is 6.58. The van der Waals surface area contributed by atoms with Gasteiger partial charge in [0, 0.05) is 16.7 Å². The summed E-state index contributed by atoms with van der Waals surface area (Å²) in [5.41, 5.74) is 5.87. The molecule has 5 N–H and O–H groups in total. The molecule has 0 unspecified atom stereocenters. The Morgan fingerprint density at radius 3 is 2.38 bits per heavy atom. The zero-order chi connectivity index (χ0) is 19.7. The van der Waals surface area contributed by atoms with Crippen molar-refractivity contribution in [2.75, 3.05) is 13.7 Å². The Bertz CT molecular complexity index is 758. The third-order valence-corrected chi connectivity index (χ3v) is 3.28. The Morgan fingerprint density at radius 1 is 1.27 bits per heavy atom. The Morgan fingerprint density at radius 2 is 1.88 bits per heavy atom. The number of rotatable bonds is 5. The molecule has 0 saturated carbocycles. The molecule has 7 heteroatoms. The number of hydrogen-bond acceptors (Lipinski definition) is 6. The Hall–Kier alpha value is -2.84. The van der Waals surface area contributed by atoms with Gasteiger partial charge in [0.15, 0.2) is 0 Å². The van der Waals surface area contributed by atoms with E-state index in [4.69, 9.17) is 15.9 Å². The van der Waals surface area contributed by atoms with Crippen LogP contribution in [0.5, 0.6) is 0 Å². The fourth-order valence-corrected chi connectivity index (χ4v) is 1.85. The second-order valence-electron chi connectivity index (χ2n) is 6.05. The van der Waals surface area contributed by atoms with Gasteiger partial charge in [0.1, 0.15) is 12.1 Å². The molecule has 1 amide bonds. The predicted molar refractivity (Wildman–Crippen MR) is 95.7 cm³/mol. The van der Waals surface area contributed by atoms with Gasteiger partial charge in [0.05, 0.1) is 13.7 Å². The smallest absolute Gasteiger partial charge is 0.330 e. The minimum atomic E-state index is -1.12. The van der Waals surface area contributed by atoms with E-state index in [1.807, 2.05) is 0 Å². The molecule has 1 aromatic carbocycles. The fourth-order valence-electron chi connectivity index (χ4n) is 1.85. The number of carbonyl (C=O) groups is 2. The highest BCUT2D eigenvalue weighted by Gasteiger charge is 2.34. The molecule has 0 aliphatic carbocycles. The first-order chi connectivity index (χ1) is 12.2. The van der Waals surface area contributed by atoms with Crippen molar-refractivity contribution < 1.29 is 24.5 Å². The van der Waals surface area contributed by atoms with Gasteiger partial charge in [-0.05, 0) is 50.0 Å². The van der Waals surface area contributed by atoms with Crippen LogP contribution in [0, 0.1) is 23.7 Å². The molecule has 0 radical (unpaired) electrons. The average molecular weight is 358 g/mol. The number of nitrogens with two attached hydrogens (primary N) is 1. The van der Waals surface area contributed by atoms with E-state index in [-0.39, 0.29) is 0 Å². The molecular weight excluding hydrogens is 336 g/mol. The lowest BCUT2D eigenvalue weighted by Gasteiger charge is -2.28. The lowest BCUT2D eigenvalue weighted by atomic mass is 9.95. The number of benzene rings is 1. The van der Waals surface area contributed by atoms with Crippen molar-refractivity contribution in [1.82, 2.24) is 5.32 Å². The van der Waals surface area contributed by atoms with E-state index in [1.165, 1.54) is 7.11 Å². The highest BCUT2D eigenvalue weighted by Crippen LogP contribution is 2.10. The largest absolute Gasteiger partial charge is 0.467 e. The summed E-state index contributed by atoms with van der Waals surface area (Å²) < 4.78 is 4.68. The van der Waals surface area contributed by atoms with Crippen LogP contribution < -0.4 is 11.1 Å². The number of aliphatic hydroxyl groups is 2. The number of methoxy groups -OCH3 is 1. The molecule has 7 nitrogen and oxygen atoms in total. The first kappa shape index (κ1) is 21.2. The van der Waals surface area contributed by atoms with Gasteiger partial charge in [-0.2, -0.15) is 0 Å². The minimum Gasteiger partial charge on any atom is -0.467 e. The number of aliphatic hydroxyl groups excluding tert-OH is 2. The van der Waals surface area contributed by atoms with Crippen LogP contribution in [0.15, 0.2) is 24.3 Å². The third-order valence-electron chi connectivity index (χ3n) is 3.28. The first-order valence-corrected chi connectivity index (χ1v) is 7.77. The van der Waals surface area contributed by atoms with E-state index in [0.29, 0.717) is 11.1 Å². The van der Waals surface area contributed by atoms with Gasteiger partial charge >= 0.3 is 5.97 Å². The van der Waals surface area contributed by atoms with Gasteiger partial charge in [-0.15, -0.1) is 0 Å². The topological polar surface area (TPSA) is 122 Å². The molecule has 1 aromatic rings. The van der Waals surface area contributed by atoms with Crippen molar-refractivity contribution >= 4 is 11.9 Å². The maximum atomic E-state index is 12.3. The number of carbonyl (C=O) groups excluding carboxylic acids is 2. The van der Waals surface area contributed by atoms with Crippen molar-refractivity contribution in [2.24, 2.45) is 5.73 Å². The van der Waals surface area contributed by atoms with Crippen LogP contribution in [0.4, 0.5) is 0 Å². The molecule has 0 fully saturated rings. The minimum absolute atomic E-state index is 0.329. The van der Waals surface area contributed by atoms with Crippen LogP contribution in [-0.4, -0.2) is 53.5 Å². The number of esters is 1. The molecule has 138 valence electrons. The quantitative estimate of drug-likeness (QED) is 0.412. The number of amides is 1. The Kier molecular flexibility index (Phi) is 7.82. The molecule has 26 heavy (non-hydrogen) atoms. The lowest BCUT2D eigenvalue weighted by molar-refractivity contribution is -0.144. The lowest BCUT2D eigenvalue weighted by Crippen LogP contribution is -2.59. The molecule has 0 heterocycles. The monoisotopic (exact) mass is 358 g/mol. The molecule has 0 spiro atoms. The van der Waals surface area contributed by atoms with Crippen LogP contribution >= 0.6 is 0 Å². The molecule has 0 aliphatic heterocycles. The zero-order valence-corrected chi connectivity index (χ0v) is 14.9. The Balaban J connectivity index is 2.84. The van der Waals surface area contributed by atoms with Crippen molar-refractivity contribution in [2.45, 2.75) is 31.5 Å². The highest BCUT2D eigenvalue weighted by molar-refractivity contribution is 5.97. The van der Waals surface area contributed by atoms with Crippen LogP contribution in [0.3, 0.4) is 0 Å². The molecule has 2 atom stereocenters. The average Bonchev–Trinajstić information content (AvgIpc) is 2.61. The predicted octanol–water partition coefficient (Wildman–Crippen LogP) is -0.597. The van der Waals surface area contributed by atoms with E-state index >= 15 is 0 Å². The summed E-state index contributed by atoms with van der Waals surface area (Å²) in [5.74, 6) is 8.94. The van der Waals surface area contributed by atoms with Crippen LogP contribution in [0.1, 0.15) is 29.8 Å². The van der Waals surface area contributed by atoms with E-state index in [9.17, 15) is 9.59 Å². The summed E-state index contributed by atoms with van der Waals surface area (Å²) in [5, 5.41) is 20.2. The Labute approximate surface area is 152 Å².